The van der Waals surface area contributed by atoms with E-state index in [1.165, 1.54) is 11.8 Å². The van der Waals surface area contributed by atoms with Gasteiger partial charge in [0.2, 0.25) is 11.8 Å². The summed E-state index contributed by atoms with van der Waals surface area (Å²) in [5.41, 5.74) is 2.51. The number of nitrogens with zero attached hydrogens (tertiary/aromatic N) is 1. The Bertz CT molecular complexity index is 683. The molecule has 22 heavy (non-hydrogen) atoms. The lowest BCUT2D eigenvalue weighted by molar-refractivity contribution is -0.120. The van der Waals surface area contributed by atoms with E-state index in [1.54, 1.807) is 6.07 Å². The number of hydrogen-bond donors (Lipinski definition) is 1. The molecule has 2 rings (SSSR count). The maximum absolute atomic E-state index is 12.2. The molecule has 0 spiro atoms. The smallest absolute Gasteiger partial charge is 0.244 e. The largest absolute Gasteiger partial charge is 0.325 e. The number of carbonyl (C=O) groups excluding carboxylic acids is 2. The van der Waals surface area contributed by atoms with Gasteiger partial charge in [0.05, 0.1) is 5.69 Å². The van der Waals surface area contributed by atoms with Crippen molar-refractivity contribution in [1.82, 2.24) is 0 Å². The summed E-state index contributed by atoms with van der Waals surface area (Å²) in [4.78, 5) is 25.5. The van der Waals surface area contributed by atoms with E-state index in [-0.39, 0.29) is 18.4 Å². The first-order valence-corrected chi connectivity index (χ1v) is 7.66. The van der Waals surface area contributed by atoms with Gasteiger partial charge in [-0.2, -0.15) is 0 Å². The molecule has 0 unspecified atom stereocenters. The summed E-state index contributed by atoms with van der Waals surface area (Å²) < 4.78 is 0.772. The van der Waals surface area contributed by atoms with Crippen LogP contribution in [0.2, 0.25) is 0 Å². The zero-order chi connectivity index (χ0) is 16.1. The van der Waals surface area contributed by atoms with E-state index < -0.39 is 0 Å². The van der Waals surface area contributed by atoms with Crippen molar-refractivity contribution < 1.29 is 9.59 Å². The number of halogens is 1. The van der Waals surface area contributed by atoms with Gasteiger partial charge in [-0.3, -0.25) is 9.59 Å². The number of nitrogens with one attached hydrogen (secondary N) is 1. The van der Waals surface area contributed by atoms with Gasteiger partial charge >= 0.3 is 0 Å². The average molecular weight is 361 g/mol. The molecule has 2 aromatic rings. The Labute approximate surface area is 138 Å². The van der Waals surface area contributed by atoms with Crippen molar-refractivity contribution in [1.29, 1.82) is 0 Å². The van der Waals surface area contributed by atoms with Crippen LogP contribution in [0.5, 0.6) is 0 Å². The Morgan fingerprint density at radius 2 is 1.73 bits per heavy atom. The molecule has 0 aliphatic heterocycles. The number of para-hydroxylation sites is 1. The van der Waals surface area contributed by atoms with Crippen LogP contribution in [0.4, 0.5) is 11.4 Å². The Morgan fingerprint density at radius 1 is 1.09 bits per heavy atom. The molecule has 2 aromatic carbocycles. The van der Waals surface area contributed by atoms with Crippen molar-refractivity contribution in [3.05, 3.63) is 58.6 Å². The minimum atomic E-state index is -0.241. The Hall–Kier alpha value is -2.14. The fourth-order valence-corrected chi connectivity index (χ4v) is 2.52. The third kappa shape index (κ3) is 4.18. The zero-order valence-corrected chi connectivity index (χ0v) is 14.1. The zero-order valence-electron chi connectivity index (χ0n) is 12.5. The first-order valence-electron chi connectivity index (χ1n) is 6.86. The van der Waals surface area contributed by atoms with Crippen LogP contribution >= 0.6 is 15.9 Å². The van der Waals surface area contributed by atoms with Gasteiger partial charge in [0.15, 0.2) is 0 Å². The highest BCUT2D eigenvalue weighted by molar-refractivity contribution is 9.10. The number of amides is 2. The van der Waals surface area contributed by atoms with Crippen LogP contribution < -0.4 is 10.2 Å². The third-order valence-electron chi connectivity index (χ3n) is 3.16. The van der Waals surface area contributed by atoms with Gasteiger partial charge in [-0.15, -0.1) is 0 Å². The van der Waals surface area contributed by atoms with Crippen molar-refractivity contribution in [2.75, 3.05) is 16.8 Å². The van der Waals surface area contributed by atoms with Gasteiger partial charge in [0, 0.05) is 17.1 Å². The van der Waals surface area contributed by atoms with Crippen LogP contribution in [0, 0.1) is 6.92 Å². The summed E-state index contributed by atoms with van der Waals surface area (Å²) in [6.07, 6.45) is 0. The molecule has 0 bridgehead atoms. The van der Waals surface area contributed by atoms with Crippen LogP contribution in [0.3, 0.4) is 0 Å². The predicted molar refractivity (Wildman–Crippen MR) is 92.0 cm³/mol. The first-order chi connectivity index (χ1) is 10.5. The fraction of sp³-hybridized carbons (Fsp3) is 0.176. The van der Waals surface area contributed by atoms with Gasteiger partial charge in [-0.1, -0.05) is 29.8 Å². The summed E-state index contributed by atoms with van der Waals surface area (Å²) in [5.74, 6) is -0.430. The van der Waals surface area contributed by atoms with Crippen LogP contribution in [0.15, 0.2) is 53.0 Å². The highest BCUT2D eigenvalue weighted by Gasteiger charge is 2.17. The molecule has 2 amide bonds. The molecule has 0 radical (unpaired) electrons. The Balaban J connectivity index is 2.11. The van der Waals surface area contributed by atoms with Gasteiger partial charge in [-0.25, -0.2) is 0 Å². The second-order valence-electron chi connectivity index (χ2n) is 4.97. The van der Waals surface area contributed by atoms with Crippen molar-refractivity contribution >= 4 is 39.1 Å². The van der Waals surface area contributed by atoms with Crippen LogP contribution in [-0.4, -0.2) is 18.4 Å². The summed E-state index contributed by atoms with van der Waals surface area (Å²) in [5, 5.41) is 2.80. The molecule has 114 valence electrons. The lowest BCUT2D eigenvalue weighted by Gasteiger charge is -2.22. The van der Waals surface area contributed by atoms with Crippen molar-refractivity contribution in [2.24, 2.45) is 0 Å². The highest BCUT2D eigenvalue weighted by atomic mass is 79.9. The molecule has 0 fully saturated rings. The van der Waals surface area contributed by atoms with Gasteiger partial charge in [0.25, 0.3) is 0 Å². The summed E-state index contributed by atoms with van der Waals surface area (Å²) in [6, 6.07) is 14.8. The Kier molecular flexibility index (Phi) is 5.33. The van der Waals surface area contributed by atoms with E-state index in [4.69, 9.17) is 0 Å². The molecule has 0 saturated carbocycles. The number of rotatable bonds is 4. The number of benzene rings is 2. The van der Waals surface area contributed by atoms with Crippen LogP contribution in [-0.2, 0) is 9.59 Å². The number of anilines is 2. The Morgan fingerprint density at radius 3 is 2.32 bits per heavy atom. The second-order valence-corrected chi connectivity index (χ2v) is 5.83. The molecular weight excluding hydrogens is 344 g/mol. The molecule has 0 atom stereocenters. The van der Waals surface area contributed by atoms with E-state index in [0.29, 0.717) is 11.4 Å². The summed E-state index contributed by atoms with van der Waals surface area (Å²) in [7, 11) is 0. The van der Waals surface area contributed by atoms with Gasteiger partial charge < -0.3 is 10.2 Å². The molecule has 4 nitrogen and oxygen atoms in total. The summed E-state index contributed by atoms with van der Waals surface area (Å²) >= 11 is 3.40. The molecule has 0 aliphatic carbocycles. The SMILES string of the molecule is CC(=O)N(CC(=O)Nc1ccc(C)cc1)c1ccccc1Br. The van der Waals surface area contributed by atoms with E-state index in [1.807, 2.05) is 49.4 Å². The maximum Gasteiger partial charge on any atom is 0.244 e. The minimum absolute atomic E-state index is 0.0359. The number of aryl methyl sites for hydroxylation is 1. The molecule has 5 heteroatoms. The topological polar surface area (TPSA) is 49.4 Å². The molecule has 0 aliphatic rings. The minimum Gasteiger partial charge on any atom is -0.325 e. The molecule has 0 saturated heterocycles. The van der Waals surface area contributed by atoms with E-state index >= 15 is 0 Å². The van der Waals surface area contributed by atoms with Gasteiger partial charge in [-0.05, 0) is 47.1 Å². The molecule has 1 N–H and O–H groups in total. The maximum atomic E-state index is 12.2. The number of carbonyl (C=O) groups is 2. The predicted octanol–water partition coefficient (Wildman–Crippen LogP) is 3.75. The molecular formula is C17H17BrN2O2. The van der Waals surface area contributed by atoms with Crippen molar-refractivity contribution in [3.63, 3.8) is 0 Å². The lowest BCUT2D eigenvalue weighted by atomic mass is 10.2. The number of hydrogen-bond acceptors (Lipinski definition) is 2. The average Bonchev–Trinajstić information content (AvgIpc) is 2.48. The molecule has 0 heterocycles. The lowest BCUT2D eigenvalue weighted by Crippen LogP contribution is -2.36. The summed E-state index contributed by atoms with van der Waals surface area (Å²) in [6.45, 7) is 3.39. The van der Waals surface area contributed by atoms with Crippen molar-refractivity contribution in [3.8, 4) is 0 Å². The van der Waals surface area contributed by atoms with Crippen LogP contribution in [0.25, 0.3) is 0 Å². The van der Waals surface area contributed by atoms with Crippen molar-refractivity contribution in [2.45, 2.75) is 13.8 Å². The second kappa shape index (κ2) is 7.22. The quantitative estimate of drug-likeness (QED) is 0.902. The van der Waals surface area contributed by atoms with E-state index in [0.717, 1.165) is 10.0 Å². The van der Waals surface area contributed by atoms with Crippen LogP contribution in [0.1, 0.15) is 12.5 Å². The third-order valence-corrected chi connectivity index (χ3v) is 3.83. The highest BCUT2D eigenvalue weighted by Crippen LogP contribution is 2.25. The first kappa shape index (κ1) is 16.2. The fourth-order valence-electron chi connectivity index (χ4n) is 2.02. The van der Waals surface area contributed by atoms with E-state index in [9.17, 15) is 9.59 Å². The van der Waals surface area contributed by atoms with E-state index in [2.05, 4.69) is 21.2 Å². The standard InChI is InChI=1S/C17H17BrN2O2/c1-12-7-9-14(10-8-12)19-17(22)11-20(13(2)21)16-6-4-3-5-15(16)18/h3-10H,11H2,1-2H3,(H,19,22). The molecule has 0 aromatic heterocycles. The van der Waals surface area contributed by atoms with Gasteiger partial charge in [0.1, 0.15) is 6.54 Å². The normalized spacial score (nSPS) is 10.1. The monoisotopic (exact) mass is 360 g/mol.